The zero-order chi connectivity index (χ0) is 10.4. The Kier molecular flexibility index (Phi) is 3.67. The van der Waals surface area contributed by atoms with Gasteiger partial charge in [0.2, 0.25) is 0 Å². The maximum atomic E-state index is 12.5. The fraction of sp³-hybridized carbons (Fsp3) is 0.100. The predicted octanol–water partition coefficient (Wildman–Crippen LogP) is 1.71. The van der Waals surface area contributed by atoms with Crippen LogP contribution in [0.15, 0.2) is 41.2 Å². The summed E-state index contributed by atoms with van der Waals surface area (Å²) in [6.45, 7) is 0. The smallest absolute Gasteiger partial charge is 0.160 e. The van der Waals surface area contributed by atoms with E-state index in [4.69, 9.17) is 10.5 Å². The van der Waals surface area contributed by atoms with Crippen LogP contribution < -0.4 is 10.5 Å². The third-order valence-electron chi connectivity index (χ3n) is 1.47. The van der Waals surface area contributed by atoms with Crippen molar-refractivity contribution < 1.29 is 9.13 Å². The first-order valence-electron chi connectivity index (χ1n) is 4.03. The third-order valence-corrected chi connectivity index (χ3v) is 1.47. The van der Waals surface area contributed by atoms with Crippen molar-refractivity contribution in [3.05, 3.63) is 42.0 Å². The number of hydrogen-bond acceptors (Lipinski definition) is 3. The summed E-state index contributed by atoms with van der Waals surface area (Å²) >= 11 is 0. The molecule has 0 aliphatic carbocycles. The molecule has 1 rings (SSSR count). The maximum absolute atomic E-state index is 12.5. The van der Waals surface area contributed by atoms with E-state index in [2.05, 4.69) is 4.99 Å². The molecule has 4 heteroatoms. The Hall–Kier alpha value is -1.84. The first-order chi connectivity index (χ1) is 6.76. The van der Waals surface area contributed by atoms with Gasteiger partial charge in [-0.25, -0.2) is 4.39 Å². The van der Waals surface area contributed by atoms with Crippen molar-refractivity contribution in [2.24, 2.45) is 10.7 Å². The van der Waals surface area contributed by atoms with Gasteiger partial charge in [-0.1, -0.05) is 0 Å². The summed E-state index contributed by atoms with van der Waals surface area (Å²) in [6, 6.07) is 5.66. The Morgan fingerprint density at radius 3 is 2.57 bits per heavy atom. The molecule has 74 valence electrons. The Bertz CT molecular complexity index is 344. The lowest BCUT2D eigenvalue weighted by Gasteiger charge is -2.04. The van der Waals surface area contributed by atoms with Crippen LogP contribution in [0.25, 0.3) is 0 Å². The zero-order valence-electron chi connectivity index (χ0n) is 7.77. The van der Waals surface area contributed by atoms with Crippen molar-refractivity contribution in [3.63, 3.8) is 0 Å². The van der Waals surface area contributed by atoms with Gasteiger partial charge >= 0.3 is 0 Å². The molecule has 0 amide bonds. The molecule has 14 heavy (non-hydrogen) atoms. The summed E-state index contributed by atoms with van der Waals surface area (Å²) in [6.07, 6.45) is 2.76. The van der Waals surface area contributed by atoms with Crippen molar-refractivity contribution in [1.82, 2.24) is 0 Å². The Balaban J connectivity index is 2.73. The lowest BCUT2D eigenvalue weighted by Crippen LogP contribution is -2.00. The van der Waals surface area contributed by atoms with Gasteiger partial charge in [-0.15, -0.1) is 0 Å². The van der Waals surface area contributed by atoms with Crippen LogP contribution in [0, 0.1) is 5.82 Å². The second-order valence-corrected chi connectivity index (χ2v) is 2.51. The van der Waals surface area contributed by atoms with Crippen molar-refractivity contribution in [2.75, 3.05) is 7.05 Å². The van der Waals surface area contributed by atoms with E-state index < -0.39 is 0 Å². The van der Waals surface area contributed by atoms with Crippen LogP contribution in [0.1, 0.15) is 0 Å². The number of allylic oxidation sites excluding steroid dienone is 1. The first kappa shape index (κ1) is 10.2. The van der Waals surface area contributed by atoms with Gasteiger partial charge in [0.25, 0.3) is 0 Å². The molecule has 0 bridgehead atoms. The maximum Gasteiger partial charge on any atom is 0.160 e. The number of halogens is 1. The minimum Gasteiger partial charge on any atom is -0.454 e. The molecule has 0 heterocycles. The molecule has 0 saturated heterocycles. The van der Waals surface area contributed by atoms with E-state index in [1.165, 1.54) is 36.7 Å². The van der Waals surface area contributed by atoms with E-state index in [1.54, 1.807) is 7.05 Å². The van der Waals surface area contributed by atoms with Gasteiger partial charge in [-0.3, -0.25) is 4.99 Å². The van der Waals surface area contributed by atoms with Crippen molar-refractivity contribution >= 4 is 6.21 Å². The molecule has 0 saturated carbocycles. The van der Waals surface area contributed by atoms with Crippen LogP contribution in [-0.4, -0.2) is 13.3 Å². The van der Waals surface area contributed by atoms with Crippen LogP contribution in [-0.2, 0) is 0 Å². The minimum absolute atomic E-state index is 0.306. The number of rotatable bonds is 3. The van der Waals surface area contributed by atoms with Crippen molar-refractivity contribution in [1.29, 1.82) is 0 Å². The van der Waals surface area contributed by atoms with Gasteiger partial charge < -0.3 is 10.5 Å². The normalized spacial score (nSPS) is 12.0. The van der Waals surface area contributed by atoms with Gasteiger partial charge in [0.1, 0.15) is 11.6 Å². The predicted molar refractivity (Wildman–Crippen MR) is 53.7 cm³/mol. The lowest BCUT2D eigenvalue weighted by atomic mass is 10.3. The number of hydrogen-bond donors (Lipinski definition) is 1. The molecule has 3 nitrogen and oxygen atoms in total. The van der Waals surface area contributed by atoms with E-state index in [1.807, 2.05) is 0 Å². The number of nitrogens with zero attached hydrogens (tertiary/aromatic N) is 1. The highest BCUT2D eigenvalue weighted by Gasteiger charge is 1.97. The van der Waals surface area contributed by atoms with Crippen molar-refractivity contribution in [3.8, 4) is 5.75 Å². The summed E-state index contributed by atoms with van der Waals surface area (Å²) < 4.78 is 17.8. The quantitative estimate of drug-likeness (QED) is 0.588. The van der Waals surface area contributed by atoms with Crippen LogP contribution in [0.5, 0.6) is 5.75 Å². The van der Waals surface area contributed by atoms with Gasteiger partial charge in [0.15, 0.2) is 5.76 Å². The highest BCUT2D eigenvalue weighted by atomic mass is 19.1. The van der Waals surface area contributed by atoms with Gasteiger partial charge in [0, 0.05) is 13.2 Å². The molecule has 0 unspecified atom stereocenters. The molecule has 0 aliphatic heterocycles. The average molecular weight is 194 g/mol. The summed E-state index contributed by atoms with van der Waals surface area (Å²) in [4.78, 5) is 3.75. The number of benzene rings is 1. The van der Waals surface area contributed by atoms with E-state index in [0.717, 1.165) is 0 Å². The molecule has 0 atom stereocenters. The number of aliphatic imine (C=N–C) groups is 1. The van der Waals surface area contributed by atoms with E-state index in [9.17, 15) is 4.39 Å². The van der Waals surface area contributed by atoms with Crippen LogP contribution in [0.4, 0.5) is 4.39 Å². The molecule has 0 spiro atoms. The zero-order valence-corrected chi connectivity index (χ0v) is 7.77. The van der Waals surface area contributed by atoms with Crippen LogP contribution in [0.2, 0.25) is 0 Å². The highest BCUT2D eigenvalue weighted by molar-refractivity contribution is 5.76. The summed E-state index contributed by atoms with van der Waals surface area (Å²) in [5, 5.41) is 0. The third kappa shape index (κ3) is 2.90. The molecule has 0 aliphatic rings. The molecule has 0 fully saturated rings. The number of nitrogens with two attached hydrogens (primary N) is 1. The second kappa shape index (κ2) is 5.01. The fourth-order valence-electron chi connectivity index (χ4n) is 0.869. The largest absolute Gasteiger partial charge is 0.454 e. The summed E-state index contributed by atoms with van der Waals surface area (Å²) in [5.41, 5.74) is 5.28. The Morgan fingerprint density at radius 2 is 2.07 bits per heavy atom. The van der Waals surface area contributed by atoms with Gasteiger partial charge in [-0.2, -0.15) is 0 Å². The molecular formula is C10H11FN2O. The SMILES string of the molecule is CN=CC(=CN)Oc1ccc(F)cc1. The van der Waals surface area contributed by atoms with Crippen LogP contribution >= 0.6 is 0 Å². The molecule has 0 radical (unpaired) electrons. The summed E-state index contributed by atoms with van der Waals surface area (Å²) in [7, 11) is 1.61. The second-order valence-electron chi connectivity index (χ2n) is 2.51. The first-order valence-corrected chi connectivity index (χ1v) is 4.03. The Morgan fingerprint density at radius 1 is 1.43 bits per heavy atom. The highest BCUT2D eigenvalue weighted by Crippen LogP contribution is 2.13. The van der Waals surface area contributed by atoms with Crippen LogP contribution in [0.3, 0.4) is 0 Å². The number of ether oxygens (including phenoxy) is 1. The molecule has 0 aromatic heterocycles. The molecule has 2 N–H and O–H groups in total. The molecule has 1 aromatic rings. The average Bonchev–Trinajstić information content (AvgIpc) is 2.20. The lowest BCUT2D eigenvalue weighted by molar-refractivity contribution is 0.454. The topological polar surface area (TPSA) is 47.6 Å². The van der Waals surface area contributed by atoms with E-state index >= 15 is 0 Å². The standard InChI is InChI=1S/C10H11FN2O/c1-13-7-10(6-12)14-9-4-2-8(11)3-5-9/h2-7H,12H2,1H3. The van der Waals surface area contributed by atoms with Gasteiger partial charge in [-0.05, 0) is 24.3 Å². The van der Waals surface area contributed by atoms with Crippen molar-refractivity contribution in [2.45, 2.75) is 0 Å². The Labute approximate surface area is 81.7 Å². The summed E-state index contributed by atoms with van der Waals surface area (Å²) in [5.74, 6) is 0.627. The van der Waals surface area contributed by atoms with Gasteiger partial charge in [0.05, 0.1) is 6.21 Å². The monoisotopic (exact) mass is 194 g/mol. The minimum atomic E-state index is -0.306. The fourth-order valence-corrected chi connectivity index (χ4v) is 0.869. The van der Waals surface area contributed by atoms with E-state index in [-0.39, 0.29) is 5.82 Å². The molecule has 1 aromatic carbocycles. The molecular weight excluding hydrogens is 183 g/mol. The van der Waals surface area contributed by atoms with E-state index in [0.29, 0.717) is 11.5 Å².